The quantitative estimate of drug-likeness (QED) is 0.589. The summed E-state index contributed by atoms with van der Waals surface area (Å²) in [6.07, 6.45) is 1.10. The maximum atomic E-state index is 6.05. The monoisotopic (exact) mass is 381 g/mol. The maximum Gasteiger partial charge on any atom is 0.161 e. The lowest BCUT2D eigenvalue weighted by atomic mass is 10.1. The summed E-state index contributed by atoms with van der Waals surface area (Å²) < 4.78 is 11.7. The molecule has 0 saturated carbocycles. The first kappa shape index (κ1) is 19.9. The zero-order chi connectivity index (χ0) is 18.2. The number of hydrogen-bond donors (Lipinski definition) is 1. The zero-order valence-electron chi connectivity index (χ0n) is 14.9. The van der Waals surface area contributed by atoms with E-state index in [0.717, 1.165) is 30.0 Å². The molecule has 2 rings (SSSR count). The molecule has 0 fully saturated rings. The summed E-state index contributed by atoms with van der Waals surface area (Å²) in [7, 11) is 0. The van der Waals surface area contributed by atoms with Crippen molar-refractivity contribution in [3.63, 3.8) is 0 Å². The Balaban J connectivity index is 2.06. The maximum absolute atomic E-state index is 6.05. The second kappa shape index (κ2) is 9.91. The molecule has 136 valence electrons. The Hall–Kier alpha value is -1.42. The minimum atomic E-state index is 0.404. The second-order valence-electron chi connectivity index (χ2n) is 5.94. The molecule has 0 aliphatic carbocycles. The Kier molecular flexibility index (Phi) is 7.89. The van der Waals surface area contributed by atoms with Gasteiger partial charge < -0.3 is 14.8 Å². The highest BCUT2D eigenvalue weighted by atomic mass is 35.5. The van der Waals surface area contributed by atoms with Gasteiger partial charge in [-0.15, -0.1) is 0 Å². The molecule has 0 aromatic heterocycles. The average molecular weight is 382 g/mol. The molecule has 25 heavy (non-hydrogen) atoms. The molecule has 0 aliphatic heterocycles. The third kappa shape index (κ3) is 6.10. The van der Waals surface area contributed by atoms with Crippen LogP contribution in [0.2, 0.25) is 10.0 Å². The lowest BCUT2D eigenvalue weighted by molar-refractivity contribution is 0.269. The van der Waals surface area contributed by atoms with E-state index in [4.69, 9.17) is 32.7 Å². The topological polar surface area (TPSA) is 30.5 Å². The fourth-order valence-electron chi connectivity index (χ4n) is 2.28. The summed E-state index contributed by atoms with van der Waals surface area (Å²) >= 11 is 12.0. The van der Waals surface area contributed by atoms with Gasteiger partial charge in [0.1, 0.15) is 6.61 Å². The van der Waals surface area contributed by atoms with E-state index in [-0.39, 0.29) is 0 Å². The summed E-state index contributed by atoms with van der Waals surface area (Å²) in [4.78, 5) is 0. The highest BCUT2D eigenvalue weighted by Gasteiger charge is 2.08. The lowest BCUT2D eigenvalue weighted by Gasteiger charge is -2.15. The molecule has 0 heterocycles. The van der Waals surface area contributed by atoms with Crippen LogP contribution in [0.3, 0.4) is 0 Å². The van der Waals surface area contributed by atoms with Gasteiger partial charge in [0, 0.05) is 12.6 Å². The number of halogens is 2. The summed E-state index contributed by atoms with van der Waals surface area (Å²) in [6, 6.07) is 12.0. The van der Waals surface area contributed by atoms with E-state index in [2.05, 4.69) is 25.2 Å². The van der Waals surface area contributed by atoms with Crippen LogP contribution >= 0.6 is 23.2 Å². The van der Waals surface area contributed by atoms with Crippen molar-refractivity contribution in [2.75, 3.05) is 6.61 Å². The molecule has 0 saturated heterocycles. The van der Waals surface area contributed by atoms with Crippen LogP contribution in [0.5, 0.6) is 11.5 Å². The Bertz CT molecular complexity index is 691. The van der Waals surface area contributed by atoms with Gasteiger partial charge in [-0.25, -0.2) is 0 Å². The molecule has 0 spiro atoms. The Morgan fingerprint density at radius 3 is 2.36 bits per heavy atom. The molecule has 1 unspecified atom stereocenters. The highest BCUT2D eigenvalue weighted by molar-refractivity contribution is 6.42. The standard InChI is InChI=1S/C20H25Cl2NO2/c1-4-14(3)23-12-15-7-9-19(20(11-15)24-5-2)25-13-16-6-8-17(21)18(22)10-16/h6-11,14,23H,4-5,12-13H2,1-3H3. The van der Waals surface area contributed by atoms with Crippen LogP contribution in [0.25, 0.3) is 0 Å². The van der Waals surface area contributed by atoms with Gasteiger partial charge in [0.25, 0.3) is 0 Å². The summed E-state index contributed by atoms with van der Waals surface area (Å²) in [5, 5.41) is 4.55. The van der Waals surface area contributed by atoms with Gasteiger partial charge in [-0.1, -0.05) is 42.3 Å². The van der Waals surface area contributed by atoms with Crippen molar-refractivity contribution in [3.8, 4) is 11.5 Å². The van der Waals surface area contributed by atoms with E-state index < -0.39 is 0 Å². The van der Waals surface area contributed by atoms with E-state index in [1.807, 2.05) is 31.2 Å². The molecular formula is C20H25Cl2NO2. The first-order chi connectivity index (χ1) is 12.0. The molecule has 2 aromatic carbocycles. The second-order valence-corrected chi connectivity index (χ2v) is 6.76. The number of benzene rings is 2. The molecule has 0 radical (unpaired) electrons. The molecule has 0 bridgehead atoms. The van der Waals surface area contributed by atoms with E-state index >= 15 is 0 Å². The predicted octanol–water partition coefficient (Wildman–Crippen LogP) is 5.86. The molecule has 3 nitrogen and oxygen atoms in total. The van der Waals surface area contributed by atoms with Crippen LogP contribution in [-0.2, 0) is 13.2 Å². The normalized spacial score (nSPS) is 12.0. The van der Waals surface area contributed by atoms with E-state index in [1.165, 1.54) is 5.56 Å². The number of hydrogen-bond acceptors (Lipinski definition) is 3. The summed E-state index contributed by atoms with van der Waals surface area (Å²) in [5.74, 6) is 1.48. The average Bonchev–Trinajstić information content (AvgIpc) is 2.62. The third-order valence-corrected chi connectivity index (χ3v) is 4.69. The van der Waals surface area contributed by atoms with Crippen LogP contribution in [0.1, 0.15) is 38.3 Å². The van der Waals surface area contributed by atoms with Crippen LogP contribution < -0.4 is 14.8 Å². The largest absolute Gasteiger partial charge is 0.490 e. The SMILES string of the molecule is CCOc1cc(CNC(C)CC)ccc1OCc1ccc(Cl)c(Cl)c1. The van der Waals surface area contributed by atoms with Crippen LogP contribution in [0.4, 0.5) is 0 Å². The van der Waals surface area contributed by atoms with Crippen molar-refractivity contribution in [2.45, 2.75) is 46.4 Å². The smallest absolute Gasteiger partial charge is 0.161 e. The molecule has 5 heteroatoms. The van der Waals surface area contributed by atoms with Crippen LogP contribution in [0, 0.1) is 0 Å². The fraction of sp³-hybridized carbons (Fsp3) is 0.400. The Morgan fingerprint density at radius 1 is 0.920 bits per heavy atom. The predicted molar refractivity (Wildman–Crippen MR) is 105 cm³/mol. The van der Waals surface area contributed by atoms with Gasteiger partial charge in [0.05, 0.1) is 16.7 Å². The van der Waals surface area contributed by atoms with E-state index in [1.54, 1.807) is 6.07 Å². The van der Waals surface area contributed by atoms with Crippen molar-refractivity contribution in [2.24, 2.45) is 0 Å². The molecule has 1 N–H and O–H groups in total. The van der Waals surface area contributed by atoms with Gasteiger partial charge in [0.15, 0.2) is 11.5 Å². The van der Waals surface area contributed by atoms with E-state index in [9.17, 15) is 0 Å². The van der Waals surface area contributed by atoms with Crippen molar-refractivity contribution < 1.29 is 9.47 Å². The van der Waals surface area contributed by atoms with Crippen molar-refractivity contribution in [3.05, 3.63) is 57.6 Å². The fourth-order valence-corrected chi connectivity index (χ4v) is 2.60. The number of ether oxygens (including phenoxy) is 2. The highest BCUT2D eigenvalue weighted by Crippen LogP contribution is 2.30. The van der Waals surface area contributed by atoms with Crippen LogP contribution in [0.15, 0.2) is 36.4 Å². The summed E-state index contributed by atoms with van der Waals surface area (Å²) in [5.41, 5.74) is 2.13. The van der Waals surface area contributed by atoms with E-state index in [0.29, 0.717) is 29.3 Å². The van der Waals surface area contributed by atoms with Gasteiger partial charge >= 0.3 is 0 Å². The molecular weight excluding hydrogens is 357 g/mol. The molecule has 2 aromatic rings. The van der Waals surface area contributed by atoms with Crippen molar-refractivity contribution >= 4 is 23.2 Å². The number of nitrogens with one attached hydrogen (secondary N) is 1. The Morgan fingerprint density at radius 2 is 1.68 bits per heavy atom. The van der Waals surface area contributed by atoms with Gasteiger partial charge in [-0.2, -0.15) is 0 Å². The van der Waals surface area contributed by atoms with Gasteiger partial charge in [-0.05, 0) is 55.7 Å². The molecule has 0 amide bonds. The van der Waals surface area contributed by atoms with Crippen molar-refractivity contribution in [1.29, 1.82) is 0 Å². The zero-order valence-corrected chi connectivity index (χ0v) is 16.5. The Labute approximate surface area is 160 Å². The van der Waals surface area contributed by atoms with Gasteiger partial charge in [-0.3, -0.25) is 0 Å². The van der Waals surface area contributed by atoms with Crippen LogP contribution in [-0.4, -0.2) is 12.6 Å². The van der Waals surface area contributed by atoms with Gasteiger partial charge in [0.2, 0.25) is 0 Å². The summed E-state index contributed by atoms with van der Waals surface area (Å²) in [6.45, 7) is 8.11. The first-order valence-electron chi connectivity index (χ1n) is 8.59. The molecule has 1 atom stereocenters. The lowest BCUT2D eigenvalue weighted by Crippen LogP contribution is -2.24. The first-order valence-corrected chi connectivity index (χ1v) is 9.34. The third-order valence-electron chi connectivity index (χ3n) is 3.95. The molecule has 0 aliphatic rings. The minimum absolute atomic E-state index is 0.404. The minimum Gasteiger partial charge on any atom is -0.490 e. The number of rotatable bonds is 9. The van der Waals surface area contributed by atoms with Crippen molar-refractivity contribution in [1.82, 2.24) is 5.32 Å².